The molecule has 0 atom stereocenters. The first-order chi connectivity index (χ1) is 9.72. The van der Waals surface area contributed by atoms with Gasteiger partial charge in [-0.3, -0.25) is 14.4 Å². The monoisotopic (exact) mass is 267 g/mol. The van der Waals surface area contributed by atoms with E-state index in [1.807, 2.05) is 0 Å². The lowest BCUT2D eigenvalue weighted by Crippen LogP contribution is -2.20. The number of pyridine rings is 1. The van der Waals surface area contributed by atoms with Crippen molar-refractivity contribution in [2.75, 3.05) is 0 Å². The largest absolute Gasteiger partial charge is 0.461 e. The lowest BCUT2D eigenvalue weighted by molar-refractivity contribution is 0.1000. The molecule has 0 aliphatic carbocycles. The van der Waals surface area contributed by atoms with E-state index in [0.717, 1.165) is 0 Å². The molecule has 2 aromatic heterocycles. The van der Waals surface area contributed by atoms with E-state index < -0.39 is 11.2 Å². The lowest BCUT2D eigenvalue weighted by Gasteiger charge is -2.05. The van der Waals surface area contributed by atoms with E-state index in [0.29, 0.717) is 17.2 Å². The number of furan rings is 1. The van der Waals surface area contributed by atoms with Gasteiger partial charge in [0.1, 0.15) is 5.56 Å². The third-order valence-corrected chi connectivity index (χ3v) is 3.03. The van der Waals surface area contributed by atoms with Crippen molar-refractivity contribution in [3.8, 4) is 0 Å². The van der Waals surface area contributed by atoms with Crippen molar-refractivity contribution < 1.29 is 14.0 Å². The van der Waals surface area contributed by atoms with Gasteiger partial charge in [-0.15, -0.1) is 0 Å². The highest BCUT2D eigenvalue weighted by molar-refractivity contribution is 6.12. The van der Waals surface area contributed by atoms with E-state index in [2.05, 4.69) is 4.98 Å². The molecule has 1 N–H and O–H groups in total. The summed E-state index contributed by atoms with van der Waals surface area (Å²) >= 11 is 0. The third kappa shape index (κ3) is 1.76. The van der Waals surface area contributed by atoms with Crippen LogP contribution in [0.25, 0.3) is 10.9 Å². The quantitative estimate of drug-likeness (QED) is 0.582. The minimum atomic E-state index is -0.607. The van der Waals surface area contributed by atoms with Gasteiger partial charge in [-0.05, 0) is 24.3 Å². The van der Waals surface area contributed by atoms with Crippen molar-refractivity contribution in [3.63, 3.8) is 0 Å². The molecule has 5 heteroatoms. The fourth-order valence-electron chi connectivity index (χ4n) is 2.10. The normalized spacial score (nSPS) is 10.6. The van der Waals surface area contributed by atoms with Gasteiger partial charge in [0, 0.05) is 10.9 Å². The smallest absolute Gasteiger partial charge is 0.234 e. The number of H-pyrrole nitrogens is 1. The number of carbonyl (C=O) groups is 2. The third-order valence-electron chi connectivity index (χ3n) is 3.03. The highest BCUT2D eigenvalue weighted by Crippen LogP contribution is 2.14. The fourth-order valence-corrected chi connectivity index (χ4v) is 2.10. The van der Waals surface area contributed by atoms with E-state index in [4.69, 9.17) is 4.42 Å². The van der Waals surface area contributed by atoms with Gasteiger partial charge in [0.2, 0.25) is 11.2 Å². The number of hydrogen-bond donors (Lipinski definition) is 1. The number of hydrogen-bond acceptors (Lipinski definition) is 4. The van der Waals surface area contributed by atoms with Crippen LogP contribution in [0.3, 0.4) is 0 Å². The second-order valence-corrected chi connectivity index (χ2v) is 4.21. The maximum Gasteiger partial charge on any atom is 0.234 e. The predicted octanol–water partition coefficient (Wildman–Crippen LogP) is 2.16. The molecule has 0 aliphatic rings. The number of para-hydroxylation sites is 1. The number of fused-ring (bicyclic) bond motifs is 1. The molecule has 0 aliphatic heterocycles. The number of carbonyl (C=O) groups excluding carboxylic acids is 2. The summed E-state index contributed by atoms with van der Waals surface area (Å²) in [5.41, 5.74) is -0.220. The van der Waals surface area contributed by atoms with Gasteiger partial charge < -0.3 is 9.40 Å². The molecule has 0 saturated carbocycles. The number of benzene rings is 1. The second kappa shape index (κ2) is 4.62. The zero-order valence-corrected chi connectivity index (χ0v) is 10.3. The zero-order chi connectivity index (χ0) is 14.1. The molecule has 0 unspecified atom stereocenters. The first kappa shape index (κ1) is 12.1. The average molecular weight is 267 g/mol. The summed E-state index contributed by atoms with van der Waals surface area (Å²) in [5, 5.41) is 0.355. The summed E-state index contributed by atoms with van der Waals surface area (Å²) in [4.78, 5) is 38.6. The molecule has 0 fully saturated rings. The minimum absolute atomic E-state index is 0.0221. The van der Waals surface area contributed by atoms with E-state index in [9.17, 15) is 14.4 Å². The van der Waals surface area contributed by atoms with Crippen LogP contribution >= 0.6 is 0 Å². The molecule has 0 saturated heterocycles. The van der Waals surface area contributed by atoms with Crippen LogP contribution in [-0.2, 0) is 0 Å². The Hall–Kier alpha value is -2.95. The van der Waals surface area contributed by atoms with Crippen LogP contribution < -0.4 is 5.43 Å². The summed E-state index contributed by atoms with van der Waals surface area (Å²) in [6.45, 7) is 0. The fraction of sp³-hybridized carbons (Fsp3) is 0. The standard InChI is InChI=1S/C15H9NO4/c17-8-11-13(15(19)12-6-3-7-20-12)14(18)9-4-1-2-5-10(9)16-11/h1-8H,(H,16,18). The van der Waals surface area contributed by atoms with Gasteiger partial charge in [0.25, 0.3) is 0 Å². The predicted molar refractivity (Wildman–Crippen MR) is 72.1 cm³/mol. The summed E-state index contributed by atoms with van der Waals surface area (Å²) in [5.74, 6) is -0.585. The summed E-state index contributed by atoms with van der Waals surface area (Å²) in [6.07, 6.45) is 1.80. The second-order valence-electron chi connectivity index (χ2n) is 4.21. The maximum atomic E-state index is 12.4. The first-order valence-electron chi connectivity index (χ1n) is 5.91. The van der Waals surface area contributed by atoms with Crippen molar-refractivity contribution >= 4 is 23.0 Å². The Labute approximate surface area is 112 Å². The van der Waals surface area contributed by atoms with Crippen molar-refractivity contribution in [2.45, 2.75) is 0 Å². The molecule has 3 aromatic rings. The Balaban J connectivity index is 2.34. The molecule has 0 bridgehead atoms. The van der Waals surface area contributed by atoms with Crippen LogP contribution in [0.5, 0.6) is 0 Å². The van der Waals surface area contributed by atoms with Crippen molar-refractivity contribution in [1.82, 2.24) is 4.98 Å². The van der Waals surface area contributed by atoms with E-state index in [-0.39, 0.29) is 17.0 Å². The van der Waals surface area contributed by atoms with Gasteiger partial charge in [-0.1, -0.05) is 12.1 Å². The number of ketones is 1. The Kier molecular flexibility index (Phi) is 2.80. The molecular weight excluding hydrogens is 258 g/mol. The van der Waals surface area contributed by atoms with Gasteiger partial charge in [-0.25, -0.2) is 0 Å². The molecule has 0 radical (unpaired) electrons. The number of aromatic nitrogens is 1. The molecule has 1 aromatic carbocycles. The SMILES string of the molecule is O=Cc1[nH]c2ccccc2c(=O)c1C(=O)c1ccco1. The highest BCUT2D eigenvalue weighted by atomic mass is 16.3. The van der Waals surface area contributed by atoms with Crippen molar-refractivity contribution in [2.24, 2.45) is 0 Å². The van der Waals surface area contributed by atoms with Crippen LogP contribution in [0.15, 0.2) is 51.9 Å². The van der Waals surface area contributed by atoms with Gasteiger partial charge in [0.15, 0.2) is 12.0 Å². The number of aldehydes is 1. The maximum absolute atomic E-state index is 12.4. The molecule has 98 valence electrons. The molecule has 3 rings (SSSR count). The number of aromatic amines is 1. The van der Waals surface area contributed by atoms with Crippen LogP contribution in [0.1, 0.15) is 26.6 Å². The summed E-state index contributed by atoms with van der Waals surface area (Å²) < 4.78 is 5.00. The topological polar surface area (TPSA) is 80.1 Å². The molecule has 2 heterocycles. The first-order valence-corrected chi connectivity index (χ1v) is 5.91. The van der Waals surface area contributed by atoms with Crippen molar-refractivity contribution in [1.29, 1.82) is 0 Å². The average Bonchev–Trinajstić information content (AvgIpc) is 3.00. The van der Waals surface area contributed by atoms with Crippen LogP contribution in [0, 0.1) is 0 Å². The van der Waals surface area contributed by atoms with E-state index in [1.54, 1.807) is 30.3 Å². The van der Waals surface area contributed by atoms with E-state index >= 15 is 0 Å². The Bertz CT molecular complexity index is 859. The zero-order valence-electron chi connectivity index (χ0n) is 10.3. The number of nitrogens with one attached hydrogen (secondary N) is 1. The molecule has 20 heavy (non-hydrogen) atoms. The molecule has 0 amide bonds. The van der Waals surface area contributed by atoms with Crippen LogP contribution in [0.2, 0.25) is 0 Å². The molecular formula is C15H9NO4. The minimum Gasteiger partial charge on any atom is -0.461 e. The van der Waals surface area contributed by atoms with Crippen molar-refractivity contribution in [3.05, 3.63) is 69.9 Å². The molecule has 0 spiro atoms. The van der Waals surface area contributed by atoms with Gasteiger partial charge in [-0.2, -0.15) is 0 Å². The Morgan fingerprint density at radius 3 is 2.65 bits per heavy atom. The van der Waals surface area contributed by atoms with Gasteiger partial charge in [0.05, 0.1) is 12.0 Å². The Morgan fingerprint density at radius 2 is 1.95 bits per heavy atom. The summed E-state index contributed by atoms with van der Waals surface area (Å²) in [7, 11) is 0. The van der Waals surface area contributed by atoms with Crippen LogP contribution in [0.4, 0.5) is 0 Å². The number of rotatable bonds is 3. The Morgan fingerprint density at radius 1 is 1.15 bits per heavy atom. The van der Waals surface area contributed by atoms with Crippen LogP contribution in [-0.4, -0.2) is 17.1 Å². The lowest BCUT2D eigenvalue weighted by atomic mass is 10.0. The highest BCUT2D eigenvalue weighted by Gasteiger charge is 2.21. The van der Waals surface area contributed by atoms with E-state index in [1.165, 1.54) is 12.3 Å². The van der Waals surface area contributed by atoms with Gasteiger partial charge >= 0.3 is 0 Å². The molecule has 5 nitrogen and oxygen atoms in total. The summed E-state index contributed by atoms with van der Waals surface area (Å²) in [6, 6.07) is 9.70.